The van der Waals surface area contributed by atoms with Crippen LogP contribution >= 0.6 is 7.82 Å². The zero-order chi connectivity index (χ0) is 7.33. The van der Waals surface area contributed by atoms with Crippen molar-refractivity contribution < 1.29 is 18.9 Å². The predicted molar refractivity (Wildman–Crippen MR) is 34.2 cm³/mol. The molecule has 0 saturated carbocycles. The van der Waals surface area contributed by atoms with Crippen molar-refractivity contribution in [2.24, 2.45) is 0 Å². The zero-order valence-corrected chi connectivity index (χ0v) is 8.22. The van der Waals surface area contributed by atoms with Gasteiger partial charge in [-0.05, 0) is 6.42 Å². The van der Waals surface area contributed by atoms with Gasteiger partial charge in [-0.25, -0.2) is 0 Å². The van der Waals surface area contributed by atoms with Gasteiger partial charge in [0.15, 0.2) is 0 Å². The molecule has 0 N–H and O–H groups in total. The minimum Gasteiger partial charge on any atom is -0.790 e. The molecule has 0 bridgehead atoms. The summed E-state index contributed by atoms with van der Waals surface area (Å²) in [6.07, 6.45) is 1.43. The van der Waals surface area contributed by atoms with Crippen molar-refractivity contribution in [3.05, 3.63) is 0 Å². The van der Waals surface area contributed by atoms with Gasteiger partial charge in [-0.15, -0.1) is 0 Å². The van der Waals surface area contributed by atoms with Crippen molar-refractivity contribution in [1.29, 1.82) is 0 Å². The molecule has 0 radical (unpaired) electrons. The standard InChI is InChI=1S/C4H11O4P.Mg/c1-2-3-4-8-9(5,6)7;/h2-4H2,1H3,(H2,5,6,7);/q;+2/p-2. The van der Waals surface area contributed by atoms with Crippen molar-refractivity contribution in [1.82, 2.24) is 0 Å². The Morgan fingerprint density at radius 2 is 2.00 bits per heavy atom. The normalized spacial score (nSPS) is 10.7. The fraction of sp³-hybridized carbons (Fsp3) is 1.00. The molecule has 0 rings (SSSR count). The Labute approximate surface area is 76.4 Å². The van der Waals surface area contributed by atoms with Crippen molar-refractivity contribution in [2.75, 3.05) is 6.61 Å². The van der Waals surface area contributed by atoms with Crippen LogP contribution in [0.1, 0.15) is 19.8 Å². The molecule has 0 amide bonds. The number of hydrogen-bond acceptors (Lipinski definition) is 4. The van der Waals surface area contributed by atoms with E-state index in [0.717, 1.165) is 6.42 Å². The summed E-state index contributed by atoms with van der Waals surface area (Å²) in [5, 5.41) is 0. The van der Waals surface area contributed by atoms with Crippen molar-refractivity contribution in [3.8, 4) is 0 Å². The molecule has 0 aliphatic heterocycles. The first-order chi connectivity index (χ1) is 4.06. The first kappa shape index (κ1) is 13.5. The third kappa shape index (κ3) is 11.6. The van der Waals surface area contributed by atoms with Gasteiger partial charge in [-0.2, -0.15) is 0 Å². The maximum Gasteiger partial charge on any atom is 2.00 e. The zero-order valence-electron chi connectivity index (χ0n) is 5.91. The van der Waals surface area contributed by atoms with E-state index < -0.39 is 7.82 Å². The Balaban J connectivity index is 0. The summed E-state index contributed by atoms with van der Waals surface area (Å²) in [4.78, 5) is 19.5. The summed E-state index contributed by atoms with van der Waals surface area (Å²) < 4.78 is 13.7. The summed E-state index contributed by atoms with van der Waals surface area (Å²) in [6, 6.07) is 0. The molecule has 0 spiro atoms. The maximum atomic E-state index is 9.76. The third-order valence-corrected chi connectivity index (χ3v) is 1.25. The van der Waals surface area contributed by atoms with E-state index >= 15 is 0 Å². The van der Waals surface area contributed by atoms with Crippen LogP contribution in [-0.4, -0.2) is 29.7 Å². The number of unbranched alkanes of at least 4 members (excludes halogenated alkanes) is 1. The largest absolute Gasteiger partial charge is 2.00 e. The van der Waals surface area contributed by atoms with Crippen LogP contribution in [0.2, 0.25) is 0 Å². The molecule has 0 heterocycles. The molecular formula is C4H9MgO4P. The molecule has 6 heteroatoms. The first-order valence-electron chi connectivity index (χ1n) is 2.73. The molecule has 56 valence electrons. The van der Waals surface area contributed by atoms with Crippen molar-refractivity contribution in [3.63, 3.8) is 0 Å². The molecule has 10 heavy (non-hydrogen) atoms. The van der Waals surface area contributed by atoms with Gasteiger partial charge in [-0.3, -0.25) is 0 Å². The van der Waals surface area contributed by atoms with Crippen LogP contribution in [0, 0.1) is 0 Å². The Hall–Kier alpha value is 0.876. The van der Waals surface area contributed by atoms with E-state index in [4.69, 9.17) is 0 Å². The monoisotopic (exact) mass is 176 g/mol. The van der Waals surface area contributed by atoms with E-state index in [1.54, 1.807) is 0 Å². The SMILES string of the molecule is CCCCOP(=O)([O-])[O-].[Mg+2]. The van der Waals surface area contributed by atoms with Crippen LogP contribution in [0.4, 0.5) is 0 Å². The maximum absolute atomic E-state index is 9.76. The molecule has 0 aromatic heterocycles. The third-order valence-electron chi connectivity index (χ3n) is 0.747. The van der Waals surface area contributed by atoms with E-state index in [1.165, 1.54) is 0 Å². The molecule has 0 aliphatic rings. The molecule has 0 aromatic rings. The van der Waals surface area contributed by atoms with E-state index in [-0.39, 0.29) is 29.7 Å². The Morgan fingerprint density at radius 3 is 2.30 bits per heavy atom. The van der Waals surface area contributed by atoms with Crippen LogP contribution in [0.25, 0.3) is 0 Å². The number of phosphoric ester groups is 1. The molecule has 0 atom stereocenters. The molecule has 0 aromatic carbocycles. The van der Waals surface area contributed by atoms with Crippen molar-refractivity contribution in [2.45, 2.75) is 19.8 Å². The quantitative estimate of drug-likeness (QED) is 0.321. The fourth-order valence-electron chi connectivity index (χ4n) is 0.321. The van der Waals surface area contributed by atoms with Gasteiger partial charge in [0.25, 0.3) is 0 Å². The molecule has 0 unspecified atom stereocenters. The van der Waals surface area contributed by atoms with E-state index in [2.05, 4.69) is 4.52 Å². The minimum atomic E-state index is -4.70. The van der Waals surface area contributed by atoms with Crippen LogP contribution in [0.15, 0.2) is 0 Å². The average molecular weight is 176 g/mol. The van der Waals surface area contributed by atoms with E-state index in [0.29, 0.717) is 6.42 Å². The topological polar surface area (TPSA) is 72.4 Å². The summed E-state index contributed by atoms with van der Waals surface area (Å²) in [5.74, 6) is 0. The van der Waals surface area contributed by atoms with Gasteiger partial charge in [0, 0.05) is 0 Å². The Kier molecular flexibility index (Phi) is 8.86. The number of rotatable bonds is 4. The Morgan fingerprint density at radius 1 is 1.50 bits per heavy atom. The van der Waals surface area contributed by atoms with E-state index in [1.807, 2.05) is 6.92 Å². The molecule has 0 fully saturated rings. The van der Waals surface area contributed by atoms with Gasteiger partial charge < -0.3 is 18.9 Å². The number of phosphoric acid groups is 1. The molecule has 4 nitrogen and oxygen atoms in total. The van der Waals surface area contributed by atoms with Gasteiger partial charge in [0.05, 0.1) is 14.4 Å². The van der Waals surface area contributed by atoms with Gasteiger partial charge in [0.2, 0.25) is 0 Å². The molecular weight excluding hydrogens is 167 g/mol. The number of hydrogen-bond donors (Lipinski definition) is 0. The first-order valence-corrected chi connectivity index (χ1v) is 4.19. The smallest absolute Gasteiger partial charge is 0.790 e. The fourth-order valence-corrected chi connectivity index (χ4v) is 0.673. The molecule has 0 aliphatic carbocycles. The molecule has 0 saturated heterocycles. The minimum absolute atomic E-state index is 0. The second-order valence-corrected chi connectivity index (χ2v) is 2.79. The predicted octanol–water partition coefficient (Wildman–Crippen LogP) is -0.749. The second kappa shape index (κ2) is 6.58. The summed E-state index contributed by atoms with van der Waals surface area (Å²) in [5.41, 5.74) is 0. The second-order valence-electron chi connectivity index (χ2n) is 1.63. The van der Waals surface area contributed by atoms with Crippen LogP contribution in [-0.2, 0) is 9.09 Å². The van der Waals surface area contributed by atoms with Crippen LogP contribution < -0.4 is 9.79 Å². The summed E-state index contributed by atoms with van der Waals surface area (Å²) in [7, 11) is -4.70. The van der Waals surface area contributed by atoms with Gasteiger partial charge in [0.1, 0.15) is 0 Å². The van der Waals surface area contributed by atoms with Crippen LogP contribution in [0.5, 0.6) is 0 Å². The van der Waals surface area contributed by atoms with E-state index in [9.17, 15) is 14.4 Å². The summed E-state index contributed by atoms with van der Waals surface area (Å²) in [6.45, 7) is 1.89. The Bertz CT molecular complexity index is 112. The van der Waals surface area contributed by atoms with Gasteiger partial charge in [-0.1, -0.05) is 13.3 Å². The summed E-state index contributed by atoms with van der Waals surface area (Å²) >= 11 is 0. The van der Waals surface area contributed by atoms with Gasteiger partial charge >= 0.3 is 23.1 Å². The van der Waals surface area contributed by atoms with Crippen LogP contribution in [0.3, 0.4) is 0 Å². The van der Waals surface area contributed by atoms with Crippen molar-refractivity contribution >= 4 is 30.9 Å². The average Bonchev–Trinajstić information content (AvgIpc) is 1.63.